The van der Waals surface area contributed by atoms with Crippen molar-refractivity contribution in [1.29, 1.82) is 5.26 Å². The van der Waals surface area contributed by atoms with Gasteiger partial charge in [-0.1, -0.05) is 72.8 Å². The minimum Gasteiger partial charge on any atom is -0.370 e. The minimum atomic E-state index is 0.0680. The molecule has 1 saturated heterocycles. The molecule has 0 spiro atoms. The Morgan fingerprint density at radius 3 is 2.34 bits per heavy atom. The second kappa shape index (κ2) is 12.4. The van der Waals surface area contributed by atoms with Crippen LogP contribution in [-0.2, 0) is 11.3 Å². The summed E-state index contributed by atoms with van der Waals surface area (Å²) >= 11 is 0. The van der Waals surface area contributed by atoms with Gasteiger partial charge in [-0.3, -0.25) is 4.79 Å². The molecule has 5 rings (SSSR count). The van der Waals surface area contributed by atoms with Crippen LogP contribution in [0.4, 0.5) is 0 Å². The van der Waals surface area contributed by atoms with Gasteiger partial charge in [0.1, 0.15) is 0 Å². The number of likely N-dealkylation sites (tertiary alicyclic amines) is 1. The van der Waals surface area contributed by atoms with E-state index < -0.39 is 0 Å². The zero-order chi connectivity index (χ0) is 26.2. The number of nitrogens with one attached hydrogen (secondary N) is 2. The molecule has 3 aromatic carbocycles. The maximum Gasteiger partial charge on any atom is 0.226 e. The molecule has 1 amide bonds. The van der Waals surface area contributed by atoms with Crippen molar-refractivity contribution in [3.05, 3.63) is 119 Å². The molecule has 38 heavy (non-hydrogen) atoms. The molecule has 2 aliphatic heterocycles. The molecule has 0 radical (unpaired) electrons. The fourth-order valence-corrected chi connectivity index (χ4v) is 5.47. The van der Waals surface area contributed by atoms with E-state index in [0.29, 0.717) is 24.6 Å². The number of piperidine rings is 1. The number of hydrogen-bond acceptors (Lipinski definition) is 5. The molecule has 1 atom stereocenters. The van der Waals surface area contributed by atoms with E-state index in [-0.39, 0.29) is 11.9 Å². The molecular weight excluding hydrogens is 470 g/mol. The number of nitrogens with zero attached hydrogens (tertiary/aromatic N) is 3. The van der Waals surface area contributed by atoms with Gasteiger partial charge in [0, 0.05) is 43.5 Å². The van der Waals surface area contributed by atoms with E-state index in [4.69, 9.17) is 5.26 Å². The van der Waals surface area contributed by atoms with Crippen LogP contribution in [0.15, 0.2) is 96.8 Å². The van der Waals surface area contributed by atoms with Gasteiger partial charge < -0.3 is 20.4 Å². The third-order valence-corrected chi connectivity index (χ3v) is 7.38. The molecule has 194 valence electrons. The van der Waals surface area contributed by atoms with Crippen molar-refractivity contribution in [3.8, 4) is 6.07 Å². The van der Waals surface area contributed by atoms with Crippen molar-refractivity contribution in [3.63, 3.8) is 0 Å². The van der Waals surface area contributed by atoms with Gasteiger partial charge >= 0.3 is 0 Å². The Morgan fingerprint density at radius 1 is 1.00 bits per heavy atom. The van der Waals surface area contributed by atoms with Crippen molar-refractivity contribution in [1.82, 2.24) is 20.4 Å². The van der Waals surface area contributed by atoms with Gasteiger partial charge in [-0.25, -0.2) is 0 Å². The maximum atomic E-state index is 12.9. The van der Waals surface area contributed by atoms with E-state index in [1.54, 1.807) is 0 Å². The lowest BCUT2D eigenvalue weighted by Crippen LogP contribution is -2.48. The predicted molar refractivity (Wildman–Crippen MR) is 150 cm³/mol. The Hall–Kier alpha value is -4.08. The molecule has 2 N–H and O–H groups in total. The lowest BCUT2D eigenvalue weighted by atomic mass is 9.90. The molecule has 1 unspecified atom stereocenters. The summed E-state index contributed by atoms with van der Waals surface area (Å²) in [6, 6.07) is 31.4. The number of amides is 1. The summed E-state index contributed by atoms with van der Waals surface area (Å²) in [4.78, 5) is 17.6. The summed E-state index contributed by atoms with van der Waals surface area (Å²) in [6.45, 7) is 4.29. The zero-order valence-corrected chi connectivity index (χ0v) is 21.7. The highest BCUT2D eigenvalue weighted by Gasteiger charge is 2.25. The van der Waals surface area contributed by atoms with Gasteiger partial charge in [0.15, 0.2) is 0 Å². The number of hydrogen-bond donors (Lipinski definition) is 2. The molecule has 0 bridgehead atoms. The van der Waals surface area contributed by atoms with Crippen LogP contribution in [0.1, 0.15) is 47.4 Å². The quantitative estimate of drug-likeness (QED) is 0.446. The van der Waals surface area contributed by atoms with E-state index in [2.05, 4.69) is 87.2 Å². The molecule has 0 saturated carbocycles. The Bertz CT molecular complexity index is 1230. The third-order valence-electron chi connectivity index (χ3n) is 7.38. The van der Waals surface area contributed by atoms with Gasteiger partial charge in [-0.15, -0.1) is 0 Å². The lowest BCUT2D eigenvalue weighted by Gasteiger charge is -2.35. The molecule has 0 aliphatic carbocycles. The van der Waals surface area contributed by atoms with Crippen LogP contribution in [0.5, 0.6) is 0 Å². The van der Waals surface area contributed by atoms with Crippen LogP contribution in [-0.4, -0.2) is 48.1 Å². The average Bonchev–Trinajstić information content (AvgIpc) is 3.39. The Kier molecular flexibility index (Phi) is 8.37. The number of carbonyl (C=O) groups excluding carboxylic acids is 1. The van der Waals surface area contributed by atoms with Crippen LogP contribution in [0.2, 0.25) is 0 Å². The van der Waals surface area contributed by atoms with Crippen LogP contribution in [0, 0.1) is 11.3 Å². The smallest absolute Gasteiger partial charge is 0.226 e. The molecule has 2 aliphatic rings. The van der Waals surface area contributed by atoms with E-state index in [1.807, 2.05) is 30.5 Å². The van der Waals surface area contributed by atoms with Crippen molar-refractivity contribution >= 4 is 5.91 Å². The summed E-state index contributed by atoms with van der Waals surface area (Å²) < 4.78 is 0. The summed E-state index contributed by atoms with van der Waals surface area (Å²) in [5.41, 5.74) is 5.40. The third kappa shape index (κ3) is 6.81. The van der Waals surface area contributed by atoms with Gasteiger partial charge in [-0.2, -0.15) is 5.26 Å². The second-order valence-electron chi connectivity index (χ2n) is 10.3. The standard InChI is InChI=1S/C32H35N5O/c33-19-25-13-15-26(16-14-25)20-37-22-30(34-24-37)18-32(38)35-29-12-7-17-36(21-29)23-31(27-8-3-1-4-9-27)28-10-5-2-6-11-28/h1-6,8-11,13-16,22,29,31,34H,7,12,17-18,20-21,23-24H2,(H,35,38). The van der Waals surface area contributed by atoms with Crippen LogP contribution < -0.4 is 10.6 Å². The summed E-state index contributed by atoms with van der Waals surface area (Å²) in [7, 11) is 0. The fraction of sp³-hybridized carbons (Fsp3) is 0.312. The molecule has 0 aromatic heterocycles. The fourth-order valence-electron chi connectivity index (χ4n) is 5.47. The second-order valence-corrected chi connectivity index (χ2v) is 10.3. The van der Waals surface area contributed by atoms with Gasteiger partial charge in [-0.05, 0) is 48.2 Å². The normalized spacial score (nSPS) is 17.5. The first-order valence-electron chi connectivity index (χ1n) is 13.5. The Labute approximate surface area is 225 Å². The zero-order valence-electron chi connectivity index (χ0n) is 21.7. The monoisotopic (exact) mass is 505 g/mol. The predicted octanol–water partition coefficient (Wildman–Crippen LogP) is 4.57. The maximum absolute atomic E-state index is 12.9. The molecule has 1 fully saturated rings. The van der Waals surface area contributed by atoms with E-state index in [0.717, 1.165) is 50.3 Å². The van der Waals surface area contributed by atoms with E-state index in [1.165, 1.54) is 11.1 Å². The average molecular weight is 506 g/mol. The summed E-state index contributed by atoms with van der Waals surface area (Å²) in [5.74, 6) is 0.375. The van der Waals surface area contributed by atoms with Gasteiger partial charge in [0.2, 0.25) is 5.91 Å². The first kappa shape index (κ1) is 25.6. The highest BCUT2D eigenvalue weighted by molar-refractivity contribution is 5.78. The first-order valence-corrected chi connectivity index (χ1v) is 13.5. The molecule has 6 heteroatoms. The number of carbonyl (C=O) groups is 1. The molecule has 6 nitrogen and oxygen atoms in total. The number of nitriles is 1. The molecule has 2 heterocycles. The van der Waals surface area contributed by atoms with Crippen molar-refractivity contribution in [2.24, 2.45) is 0 Å². The topological polar surface area (TPSA) is 71.4 Å². The number of rotatable bonds is 9. The summed E-state index contributed by atoms with van der Waals surface area (Å²) in [5, 5.41) is 15.6. The Balaban J connectivity index is 1.14. The SMILES string of the molecule is N#Cc1ccc(CN2C=C(CC(=O)NC3CCCN(CC(c4ccccc4)c4ccccc4)C3)NC2)cc1. The van der Waals surface area contributed by atoms with Crippen LogP contribution in [0.25, 0.3) is 0 Å². The minimum absolute atomic E-state index is 0.0680. The summed E-state index contributed by atoms with van der Waals surface area (Å²) in [6.07, 6.45) is 4.49. The molecular formula is C32H35N5O. The van der Waals surface area contributed by atoms with Crippen molar-refractivity contribution in [2.75, 3.05) is 26.3 Å². The highest BCUT2D eigenvalue weighted by Crippen LogP contribution is 2.27. The van der Waals surface area contributed by atoms with Crippen LogP contribution in [0.3, 0.4) is 0 Å². The first-order chi connectivity index (χ1) is 18.7. The molecule has 3 aromatic rings. The van der Waals surface area contributed by atoms with Crippen LogP contribution >= 0.6 is 0 Å². The van der Waals surface area contributed by atoms with E-state index >= 15 is 0 Å². The Morgan fingerprint density at radius 2 is 1.68 bits per heavy atom. The van der Waals surface area contributed by atoms with Gasteiger partial charge in [0.25, 0.3) is 0 Å². The number of benzene rings is 3. The van der Waals surface area contributed by atoms with Crippen molar-refractivity contribution < 1.29 is 4.79 Å². The lowest BCUT2D eigenvalue weighted by molar-refractivity contribution is -0.121. The van der Waals surface area contributed by atoms with E-state index in [9.17, 15) is 4.79 Å². The largest absolute Gasteiger partial charge is 0.370 e. The highest BCUT2D eigenvalue weighted by atomic mass is 16.1. The van der Waals surface area contributed by atoms with Gasteiger partial charge in [0.05, 0.1) is 24.7 Å². The van der Waals surface area contributed by atoms with Crippen molar-refractivity contribution in [2.45, 2.75) is 37.8 Å².